The molecule has 0 aliphatic carbocycles. The zero-order valence-electron chi connectivity index (χ0n) is 9.17. The summed E-state index contributed by atoms with van der Waals surface area (Å²) < 4.78 is 23.7. The number of nitrogens with one attached hydrogen (secondary N) is 3. The molecule has 0 aliphatic rings. The topological polar surface area (TPSA) is 87.3 Å². The van der Waals surface area contributed by atoms with Gasteiger partial charge in [0.2, 0.25) is 15.9 Å². The van der Waals surface area contributed by atoms with Gasteiger partial charge in [-0.05, 0) is 6.92 Å². The fraction of sp³-hybridized carbons (Fsp3) is 0.875. The van der Waals surface area contributed by atoms with Gasteiger partial charge in [-0.25, -0.2) is 13.1 Å². The van der Waals surface area contributed by atoms with Crippen molar-refractivity contribution in [2.45, 2.75) is 13.3 Å². The Bertz CT molecular complexity index is 277. The van der Waals surface area contributed by atoms with E-state index in [4.69, 9.17) is 0 Å². The standard InChI is InChI=1S/C8H19N3O3S/c1-3-10-8(12)4-5-9-6-7-11-15(2,13)14/h9,11H,3-7H2,1-2H3,(H,10,12). The predicted molar refractivity (Wildman–Crippen MR) is 59.0 cm³/mol. The number of sulfonamides is 1. The number of amides is 1. The molecule has 6 nitrogen and oxygen atoms in total. The van der Waals surface area contributed by atoms with Crippen LogP contribution in [0.1, 0.15) is 13.3 Å². The lowest BCUT2D eigenvalue weighted by Gasteiger charge is -2.05. The molecule has 0 atom stereocenters. The first-order valence-corrected chi connectivity index (χ1v) is 6.77. The summed E-state index contributed by atoms with van der Waals surface area (Å²) in [6, 6.07) is 0. The van der Waals surface area contributed by atoms with E-state index in [1.165, 1.54) is 0 Å². The van der Waals surface area contributed by atoms with Crippen molar-refractivity contribution >= 4 is 15.9 Å². The van der Waals surface area contributed by atoms with E-state index >= 15 is 0 Å². The van der Waals surface area contributed by atoms with Gasteiger partial charge in [0.1, 0.15) is 0 Å². The zero-order valence-corrected chi connectivity index (χ0v) is 9.99. The number of hydrogen-bond acceptors (Lipinski definition) is 4. The second-order valence-corrected chi connectivity index (χ2v) is 4.95. The molecular weight excluding hydrogens is 218 g/mol. The van der Waals surface area contributed by atoms with E-state index < -0.39 is 10.0 Å². The maximum Gasteiger partial charge on any atom is 0.221 e. The van der Waals surface area contributed by atoms with E-state index in [0.29, 0.717) is 32.6 Å². The van der Waals surface area contributed by atoms with Crippen LogP contribution in [-0.2, 0) is 14.8 Å². The van der Waals surface area contributed by atoms with Crippen LogP contribution >= 0.6 is 0 Å². The first-order valence-electron chi connectivity index (χ1n) is 4.87. The van der Waals surface area contributed by atoms with Crippen LogP contribution in [0, 0.1) is 0 Å². The Morgan fingerprint density at radius 1 is 1.20 bits per heavy atom. The first kappa shape index (κ1) is 14.3. The normalized spacial score (nSPS) is 11.3. The summed E-state index contributed by atoms with van der Waals surface area (Å²) in [5.41, 5.74) is 0. The van der Waals surface area contributed by atoms with Crippen molar-refractivity contribution in [2.75, 3.05) is 32.4 Å². The minimum Gasteiger partial charge on any atom is -0.356 e. The first-order chi connectivity index (χ1) is 6.95. The van der Waals surface area contributed by atoms with Gasteiger partial charge < -0.3 is 10.6 Å². The van der Waals surface area contributed by atoms with Crippen LogP contribution < -0.4 is 15.4 Å². The Morgan fingerprint density at radius 3 is 2.40 bits per heavy atom. The fourth-order valence-corrected chi connectivity index (χ4v) is 1.41. The molecule has 0 aromatic rings. The molecule has 0 aromatic carbocycles. The Kier molecular flexibility index (Phi) is 7.27. The molecule has 90 valence electrons. The molecule has 1 amide bonds. The van der Waals surface area contributed by atoms with Gasteiger partial charge in [-0.15, -0.1) is 0 Å². The van der Waals surface area contributed by atoms with Crippen molar-refractivity contribution in [1.82, 2.24) is 15.4 Å². The molecule has 0 bridgehead atoms. The fourth-order valence-electron chi connectivity index (χ4n) is 0.937. The van der Waals surface area contributed by atoms with Crippen molar-refractivity contribution in [2.24, 2.45) is 0 Å². The van der Waals surface area contributed by atoms with Gasteiger partial charge in [0, 0.05) is 32.6 Å². The van der Waals surface area contributed by atoms with Gasteiger partial charge in [-0.1, -0.05) is 0 Å². The predicted octanol–water partition coefficient (Wildman–Crippen LogP) is -1.35. The van der Waals surface area contributed by atoms with E-state index in [-0.39, 0.29) is 5.91 Å². The van der Waals surface area contributed by atoms with Crippen LogP contribution in [0.5, 0.6) is 0 Å². The Balaban J connectivity index is 3.29. The van der Waals surface area contributed by atoms with E-state index in [1.54, 1.807) is 0 Å². The maximum absolute atomic E-state index is 11.0. The third-order valence-electron chi connectivity index (χ3n) is 1.57. The molecule has 0 radical (unpaired) electrons. The van der Waals surface area contributed by atoms with Gasteiger partial charge in [-0.2, -0.15) is 0 Å². The molecule has 3 N–H and O–H groups in total. The highest BCUT2D eigenvalue weighted by Gasteiger charge is 2.00. The van der Waals surface area contributed by atoms with Crippen molar-refractivity contribution < 1.29 is 13.2 Å². The lowest BCUT2D eigenvalue weighted by molar-refractivity contribution is -0.120. The molecule has 7 heteroatoms. The third-order valence-corrected chi connectivity index (χ3v) is 2.30. The molecule has 0 rings (SSSR count). The van der Waals surface area contributed by atoms with Crippen LogP contribution in [0.2, 0.25) is 0 Å². The van der Waals surface area contributed by atoms with Crippen molar-refractivity contribution in [1.29, 1.82) is 0 Å². The minimum absolute atomic E-state index is 0.000993. The highest BCUT2D eigenvalue weighted by atomic mass is 32.2. The summed E-state index contributed by atoms with van der Waals surface area (Å²) in [4.78, 5) is 11.0. The summed E-state index contributed by atoms with van der Waals surface area (Å²) in [7, 11) is -3.11. The van der Waals surface area contributed by atoms with Crippen LogP contribution in [0.4, 0.5) is 0 Å². The number of rotatable bonds is 8. The molecular formula is C8H19N3O3S. The van der Waals surface area contributed by atoms with Crippen LogP contribution in [-0.4, -0.2) is 46.8 Å². The van der Waals surface area contributed by atoms with Gasteiger partial charge in [0.25, 0.3) is 0 Å². The second-order valence-electron chi connectivity index (χ2n) is 3.12. The molecule has 0 aliphatic heterocycles. The third kappa shape index (κ3) is 11.3. The zero-order chi connectivity index (χ0) is 11.7. The SMILES string of the molecule is CCNC(=O)CCNCCNS(C)(=O)=O. The molecule has 0 heterocycles. The van der Waals surface area contributed by atoms with Crippen molar-refractivity contribution in [3.63, 3.8) is 0 Å². The summed E-state index contributed by atoms with van der Waals surface area (Å²) in [6.45, 7) is 3.91. The van der Waals surface area contributed by atoms with Gasteiger partial charge in [0.15, 0.2) is 0 Å². The maximum atomic E-state index is 11.0. The van der Waals surface area contributed by atoms with Crippen LogP contribution in [0.15, 0.2) is 0 Å². The lowest BCUT2D eigenvalue weighted by atomic mass is 10.4. The second kappa shape index (κ2) is 7.61. The quantitative estimate of drug-likeness (QED) is 0.456. The van der Waals surface area contributed by atoms with Crippen LogP contribution in [0.3, 0.4) is 0 Å². The highest BCUT2D eigenvalue weighted by Crippen LogP contribution is 1.76. The van der Waals surface area contributed by atoms with Crippen molar-refractivity contribution in [3.8, 4) is 0 Å². The highest BCUT2D eigenvalue weighted by molar-refractivity contribution is 7.88. The summed E-state index contributed by atoms with van der Waals surface area (Å²) in [6.07, 6.45) is 1.52. The van der Waals surface area contributed by atoms with E-state index in [2.05, 4.69) is 15.4 Å². The van der Waals surface area contributed by atoms with Gasteiger partial charge in [0.05, 0.1) is 6.26 Å². The molecule has 0 spiro atoms. The number of carbonyl (C=O) groups excluding carboxylic acids is 1. The smallest absolute Gasteiger partial charge is 0.221 e. The summed E-state index contributed by atoms with van der Waals surface area (Å²) in [5.74, 6) is 0.000993. The summed E-state index contributed by atoms with van der Waals surface area (Å²) >= 11 is 0. The van der Waals surface area contributed by atoms with E-state index in [0.717, 1.165) is 6.26 Å². The average molecular weight is 237 g/mol. The number of carbonyl (C=O) groups is 1. The van der Waals surface area contributed by atoms with Gasteiger partial charge in [-0.3, -0.25) is 4.79 Å². The Morgan fingerprint density at radius 2 is 1.87 bits per heavy atom. The Labute approximate surface area is 90.9 Å². The van der Waals surface area contributed by atoms with Crippen molar-refractivity contribution in [3.05, 3.63) is 0 Å². The number of hydrogen-bond donors (Lipinski definition) is 3. The molecule has 0 saturated carbocycles. The molecule has 15 heavy (non-hydrogen) atoms. The van der Waals surface area contributed by atoms with Gasteiger partial charge >= 0.3 is 0 Å². The largest absolute Gasteiger partial charge is 0.356 e. The minimum atomic E-state index is -3.11. The molecule has 0 aromatic heterocycles. The van der Waals surface area contributed by atoms with E-state index in [1.807, 2.05) is 6.92 Å². The van der Waals surface area contributed by atoms with E-state index in [9.17, 15) is 13.2 Å². The molecule has 0 saturated heterocycles. The summed E-state index contributed by atoms with van der Waals surface area (Å²) in [5, 5.41) is 5.63. The van der Waals surface area contributed by atoms with Crippen LogP contribution in [0.25, 0.3) is 0 Å². The monoisotopic (exact) mass is 237 g/mol. The molecule has 0 unspecified atom stereocenters. The Hall–Kier alpha value is -0.660. The lowest BCUT2D eigenvalue weighted by Crippen LogP contribution is -2.33. The molecule has 0 fully saturated rings. The average Bonchev–Trinajstić information content (AvgIpc) is 2.09.